The van der Waals surface area contributed by atoms with Crippen molar-refractivity contribution in [2.75, 3.05) is 20.8 Å². The van der Waals surface area contributed by atoms with Crippen LogP contribution in [0.15, 0.2) is 10.7 Å². The maximum Gasteiger partial charge on any atom is 0.0802 e. The summed E-state index contributed by atoms with van der Waals surface area (Å²) in [4.78, 5) is 0. The summed E-state index contributed by atoms with van der Waals surface area (Å²) in [5, 5.41) is 4.30. The third-order valence-electron chi connectivity index (χ3n) is 2.94. The molecule has 0 bridgehead atoms. The van der Waals surface area contributed by atoms with Gasteiger partial charge in [-0.05, 0) is 21.8 Å². The molecule has 0 radical (unpaired) electrons. The van der Waals surface area contributed by atoms with Gasteiger partial charge in [-0.3, -0.25) is 4.68 Å². The first kappa shape index (κ1) is 15.6. The summed E-state index contributed by atoms with van der Waals surface area (Å²) in [6.45, 7) is 5.47. The summed E-state index contributed by atoms with van der Waals surface area (Å²) in [7, 11) is 3.36. The fourth-order valence-electron chi connectivity index (χ4n) is 2.05. The summed E-state index contributed by atoms with van der Waals surface area (Å²) in [6, 6.07) is -0.219. The summed E-state index contributed by atoms with van der Waals surface area (Å²) >= 11 is 3.50. The lowest BCUT2D eigenvalue weighted by atomic mass is 9.97. The van der Waals surface area contributed by atoms with E-state index in [-0.39, 0.29) is 12.1 Å². The summed E-state index contributed by atoms with van der Waals surface area (Å²) < 4.78 is 13.3. The van der Waals surface area contributed by atoms with Crippen LogP contribution in [-0.2, 0) is 16.0 Å². The Kier molecular flexibility index (Phi) is 6.28. The molecule has 2 unspecified atom stereocenters. The molecule has 0 amide bonds. The van der Waals surface area contributed by atoms with E-state index in [1.807, 2.05) is 4.68 Å². The number of nitrogens with zero attached hydrogens (tertiary/aromatic N) is 2. The van der Waals surface area contributed by atoms with Gasteiger partial charge < -0.3 is 15.2 Å². The van der Waals surface area contributed by atoms with Crippen molar-refractivity contribution in [1.82, 2.24) is 9.78 Å². The van der Waals surface area contributed by atoms with Crippen LogP contribution >= 0.6 is 15.9 Å². The van der Waals surface area contributed by atoms with E-state index < -0.39 is 0 Å². The zero-order chi connectivity index (χ0) is 13.7. The van der Waals surface area contributed by atoms with E-state index in [0.29, 0.717) is 19.1 Å². The number of rotatable bonds is 7. The van der Waals surface area contributed by atoms with E-state index >= 15 is 0 Å². The lowest BCUT2D eigenvalue weighted by Gasteiger charge is -2.26. The highest BCUT2D eigenvalue weighted by molar-refractivity contribution is 9.10. The number of methoxy groups -OCH3 is 2. The first-order chi connectivity index (χ1) is 8.52. The molecule has 2 atom stereocenters. The van der Waals surface area contributed by atoms with Crippen LogP contribution < -0.4 is 5.73 Å². The smallest absolute Gasteiger partial charge is 0.0802 e. The van der Waals surface area contributed by atoms with Crippen LogP contribution in [0.3, 0.4) is 0 Å². The normalized spacial score (nSPS) is 15.1. The van der Waals surface area contributed by atoms with E-state index in [1.54, 1.807) is 20.4 Å². The van der Waals surface area contributed by atoms with Crippen molar-refractivity contribution in [3.63, 3.8) is 0 Å². The quantitative estimate of drug-likeness (QED) is 0.834. The fraction of sp³-hybridized carbons (Fsp3) is 0.750. The monoisotopic (exact) mass is 319 g/mol. The zero-order valence-electron chi connectivity index (χ0n) is 11.4. The SMILES string of the molecule is COCCn1ncc(Br)c1C(N)C(OC)C(C)C. The number of hydrogen-bond acceptors (Lipinski definition) is 4. The van der Waals surface area contributed by atoms with E-state index in [0.717, 1.165) is 10.2 Å². The van der Waals surface area contributed by atoms with Gasteiger partial charge in [-0.1, -0.05) is 13.8 Å². The molecule has 0 aliphatic carbocycles. The molecule has 104 valence electrons. The van der Waals surface area contributed by atoms with Crippen LogP contribution in [0.25, 0.3) is 0 Å². The minimum atomic E-state index is -0.219. The predicted molar refractivity (Wildman–Crippen MR) is 74.4 cm³/mol. The Morgan fingerprint density at radius 1 is 1.44 bits per heavy atom. The highest BCUT2D eigenvalue weighted by Gasteiger charge is 2.27. The molecule has 1 rings (SSSR count). The van der Waals surface area contributed by atoms with Gasteiger partial charge in [-0.2, -0.15) is 5.10 Å². The van der Waals surface area contributed by atoms with Gasteiger partial charge in [0, 0.05) is 14.2 Å². The Labute approximate surface area is 117 Å². The molecule has 18 heavy (non-hydrogen) atoms. The molecule has 6 heteroatoms. The third-order valence-corrected chi connectivity index (χ3v) is 3.55. The minimum Gasteiger partial charge on any atom is -0.383 e. The molecule has 0 aliphatic heterocycles. The standard InChI is InChI=1S/C12H22BrN3O2/c1-8(2)12(18-4)10(14)11-9(13)7-15-16(11)5-6-17-3/h7-8,10,12H,5-6,14H2,1-4H3. The molecular formula is C12H22BrN3O2. The van der Waals surface area contributed by atoms with Crippen molar-refractivity contribution in [3.05, 3.63) is 16.4 Å². The van der Waals surface area contributed by atoms with Crippen LogP contribution in [0.5, 0.6) is 0 Å². The Hall–Kier alpha value is -0.430. The second-order valence-corrected chi connectivity index (χ2v) is 5.42. The van der Waals surface area contributed by atoms with Crippen LogP contribution in [0.4, 0.5) is 0 Å². The van der Waals surface area contributed by atoms with Gasteiger partial charge in [-0.15, -0.1) is 0 Å². The molecule has 5 nitrogen and oxygen atoms in total. The third kappa shape index (κ3) is 3.54. The van der Waals surface area contributed by atoms with Crippen LogP contribution in [-0.4, -0.2) is 36.7 Å². The second-order valence-electron chi connectivity index (χ2n) is 4.56. The number of aromatic nitrogens is 2. The zero-order valence-corrected chi connectivity index (χ0v) is 13.0. The highest BCUT2D eigenvalue weighted by atomic mass is 79.9. The molecule has 0 saturated carbocycles. The number of halogens is 1. The molecule has 0 aliphatic rings. The van der Waals surface area contributed by atoms with Gasteiger partial charge in [0.05, 0.1) is 41.7 Å². The lowest BCUT2D eigenvalue weighted by molar-refractivity contribution is 0.0408. The van der Waals surface area contributed by atoms with Gasteiger partial charge in [0.25, 0.3) is 0 Å². The van der Waals surface area contributed by atoms with E-state index in [9.17, 15) is 0 Å². The largest absolute Gasteiger partial charge is 0.383 e. The molecule has 1 aromatic heterocycles. The molecule has 2 N–H and O–H groups in total. The Morgan fingerprint density at radius 2 is 2.11 bits per heavy atom. The molecule has 0 spiro atoms. The molecule has 0 saturated heterocycles. The maximum absolute atomic E-state index is 6.31. The van der Waals surface area contributed by atoms with Crippen molar-refractivity contribution in [2.24, 2.45) is 11.7 Å². The van der Waals surface area contributed by atoms with Gasteiger partial charge in [-0.25, -0.2) is 0 Å². The van der Waals surface area contributed by atoms with Crippen molar-refractivity contribution in [3.8, 4) is 0 Å². The Balaban J connectivity index is 2.95. The van der Waals surface area contributed by atoms with E-state index in [1.165, 1.54) is 0 Å². The first-order valence-corrected chi connectivity index (χ1v) is 6.80. The second kappa shape index (κ2) is 7.23. The highest BCUT2D eigenvalue weighted by Crippen LogP contribution is 2.28. The average Bonchev–Trinajstić information content (AvgIpc) is 2.68. The summed E-state index contributed by atoms with van der Waals surface area (Å²) in [5.74, 6) is 0.336. The lowest BCUT2D eigenvalue weighted by Crippen LogP contribution is -2.34. The van der Waals surface area contributed by atoms with Crippen LogP contribution in [0.2, 0.25) is 0 Å². The first-order valence-electron chi connectivity index (χ1n) is 6.01. The van der Waals surface area contributed by atoms with Crippen LogP contribution in [0, 0.1) is 5.92 Å². The van der Waals surface area contributed by atoms with Crippen LogP contribution in [0.1, 0.15) is 25.6 Å². The van der Waals surface area contributed by atoms with E-state index in [4.69, 9.17) is 15.2 Å². The Morgan fingerprint density at radius 3 is 2.61 bits per heavy atom. The van der Waals surface area contributed by atoms with Crippen molar-refractivity contribution in [2.45, 2.75) is 32.5 Å². The molecule has 0 fully saturated rings. The van der Waals surface area contributed by atoms with Gasteiger partial charge in [0.2, 0.25) is 0 Å². The topological polar surface area (TPSA) is 62.3 Å². The van der Waals surface area contributed by atoms with Gasteiger partial charge in [0.15, 0.2) is 0 Å². The van der Waals surface area contributed by atoms with Crippen molar-refractivity contribution < 1.29 is 9.47 Å². The van der Waals surface area contributed by atoms with Crippen molar-refractivity contribution >= 4 is 15.9 Å². The molecular weight excluding hydrogens is 298 g/mol. The van der Waals surface area contributed by atoms with Gasteiger partial charge >= 0.3 is 0 Å². The van der Waals surface area contributed by atoms with Crippen molar-refractivity contribution in [1.29, 1.82) is 0 Å². The maximum atomic E-state index is 6.31. The number of nitrogens with two attached hydrogens (primary N) is 1. The number of hydrogen-bond donors (Lipinski definition) is 1. The number of ether oxygens (including phenoxy) is 2. The average molecular weight is 320 g/mol. The molecule has 1 aromatic rings. The fourth-order valence-corrected chi connectivity index (χ4v) is 2.61. The summed E-state index contributed by atoms with van der Waals surface area (Å²) in [6.07, 6.45) is 1.72. The summed E-state index contributed by atoms with van der Waals surface area (Å²) in [5.41, 5.74) is 7.26. The Bertz CT molecular complexity index is 368. The van der Waals surface area contributed by atoms with Gasteiger partial charge in [0.1, 0.15) is 0 Å². The van der Waals surface area contributed by atoms with E-state index in [2.05, 4.69) is 34.9 Å². The molecule has 1 heterocycles. The molecule has 0 aromatic carbocycles. The minimum absolute atomic E-state index is 0.0423. The predicted octanol–water partition coefficient (Wildman–Crippen LogP) is 1.96.